The highest BCUT2D eigenvalue weighted by Gasteiger charge is 2.18. The zero-order valence-electron chi connectivity index (χ0n) is 18.2. The van der Waals surface area contributed by atoms with Crippen molar-refractivity contribution in [1.29, 1.82) is 0 Å². The number of ether oxygens (including phenoxy) is 2. The number of nitrogens with zero attached hydrogens (tertiary/aromatic N) is 2. The molecule has 0 unspecified atom stereocenters. The van der Waals surface area contributed by atoms with Crippen LogP contribution in [0.2, 0.25) is 0 Å². The van der Waals surface area contributed by atoms with E-state index in [1.165, 1.54) is 6.21 Å². The second-order valence-corrected chi connectivity index (χ2v) is 7.19. The van der Waals surface area contributed by atoms with Crippen LogP contribution in [-0.4, -0.2) is 55.1 Å². The minimum Gasteiger partial charge on any atom is -0.490 e. The van der Waals surface area contributed by atoms with Gasteiger partial charge in [-0.25, -0.2) is 5.43 Å². The summed E-state index contributed by atoms with van der Waals surface area (Å²) in [5.41, 5.74) is 3.17. The van der Waals surface area contributed by atoms with E-state index in [9.17, 15) is 14.4 Å². The average molecular weight is 450 g/mol. The number of amides is 3. The lowest BCUT2D eigenvalue weighted by Gasteiger charge is -2.16. The van der Waals surface area contributed by atoms with Gasteiger partial charge in [0.05, 0.1) is 6.21 Å². The molecule has 1 heterocycles. The van der Waals surface area contributed by atoms with Crippen LogP contribution in [-0.2, 0) is 14.4 Å². The number of likely N-dealkylation sites (tertiary alicyclic amines) is 1. The summed E-state index contributed by atoms with van der Waals surface area (Å²) in [5, 5.41) is 6.30. The van der Waals surface area contributed by atoms with Gasteiger partial charge in [0.15, 0.2) is 6.61 Å². The zero-order valence-corrected chi connectivity index (χ0v) is 18.2. The number of carbonyl (C=O) groups excluding carboxylic acids is 3. The Bertz CT molecular complexity index is 1010. The first-order valence-electron chi connectivity index (χ1n) is 10.5. The third-order valence-corrected chi connectivity index (χ3v) is 4.78. The molecule has 0 aliphatic carbocycles. The summed E-state index contributed by atoms with van der Waals surface area (Å²) >= 11 is 0. The number of hydrogen-bond donors (Lipinski definition) is 2. The van der Waals surface area contributed by atoms with Crippen molar-refractivity contribution in [3.63, 3.8) is 0 Å². The molecule has 1 fully saturated rings. The first kappa shape index (κ1) is 23.5. The Kier molecular flexibility index (Phi) is 8.58. The standard InChI is InChI=1S/C24H26N4O5/c1-2-15-32-20-11-9-19(10-12-20)26-23(30)24(31)27-25-16-18-7-3-4-8-21(18)33-17-22(29)28-13-5-6-14-28/h2-4,7-12,16H,1,5-6,13-15,17H2,(H,26,30)(H,27,31)/b25-16-. The predicted octanol–water partition coefficient (Wildman–Crippen LogP) is 2.34. The van der Waals surface area contributed by atoms with Gasteiger partial charge in [-0.05, 0) is 49.2 Å². The second kappa shape index (κ2) is 12.0. The van der Waals surface area contributed by atoms with Crippen LogP contribution < -0.4 is 20.2 Å². The van der Waals surface area contributed by atoms with E-state index in [1.807, 2.05) is 0 Å². The summed E-state index contributed by atoms with van der Waals surface area (Å²) in [6.07, 6.45) is 5.00. The smallest absolute Gasteiger partial charge is 0.329 e. The van der Waals surface area contributed by atoms with Crippen molar-refractivity contribution in [2.24, 2.45) is 5.10 Å². The number of benzene rings is 2. The Hall–Kier alpha value is -4.14. The van der Waals surface area contributed by atoms with Gasteiger partial charge in [0.25, 0.3) is 5.91 Å². The third-order valence-electron chi connectivity index (χ3n) is 4.78. The van der Waals surface area contributed by atoms with Gasteiger partial charge in [-0.1, -0.05) is 24.8 Å². The molecule has 2 aromatic carbocycles. The summed E-state index contributed by atoms with van der Waals surface area (Å²) in [5.74, 6) is -0.797. The largest absolute Gasteiger partial charge is 0.490 e. The van der Waals surface area contributed by atoms with Crippen LogP contribution in [0.3, 0.4) is 0 Å². The van der Waals surface area contributed by atoms with E-state index in [-0.39, 0.29) is 12.5 Å². The first-order valence-corrected chi connectivity index (χ1v) is 10.5. The number of para-hydroxylation sites is 1. The molecule has 2 aromatic rings. The third kappa shape index (κ3) is 7.20. The van der Waals surface area contributed by atoms with Crippen LogP contribution in [0.5, 0.6) is 11.5 Å². The number of nitrogens with one attached hydrogen (secondary N) is 2. The van der Waals surface area contributed by atoms with E-state index < -0.39 is 11.8 Å². The highest BCUT2D eigenvalue weighted by molar-refractivity contribution is 6.39. The molecule has 0 radical (unpaired) electrons. The van der Waals surface area contributed by atoms with Gasteiger partial charge in [0.2, 0.25) is 0 Å². The molecule has 1 aliphatic rings. The van der Waals surface area contributed by atoms with Crippen molar-refractivity contribution in [2.75, 3.05) is 31.6 Å². The van der Waals surface area contributed by atoms with E-state index in [0.717, 1.165) is 25.9 Å². The average Bonchev–Trinajstić information content (AvgIpc) is 3.38. The quantitative estimate of drug-likeness (QED) is 0.264. The monoisotopic (exact) mass is 450 g/mol. The van der Waals surface area contributed by atoms with E-state index >= 15 is 0 Å². The minimum absolute atomic E-state index is 0.0653. The number of hydrogen-bond acceptors (Lipinski definition) is 6. The molecule has 3 amide bonds. The van der Waals surface area contributed by atoms with E-state index in [4.69, 9.17) is 9.47 Å². The summed E-state index contributed by atoms with van der Waals surface area (Å²) in [6, 6.07) is 13.5. The number of rotatable bonds is 9. The second-order valence-electron chi connectivity index (χ2n) is 7.19. The van der Waals surface area contributed by atoms with E-state index in [0.29, 0.717) is 29.4 Å². The van der Waals surface area contributed by atoms with E-state index in [2.05, 4.69) is 22.4 Å². The lowest BCUT2D eigenvalue weighted by Crippen LogP contribution is -2.32. The fraction of sp³-hybridized carbons (Fsp3) is 0.250. The van der Waals surface area contributed by atoms with Crippen molar-refractivity contribution in [3.8, 4) is 11.5 Å². The normalized spacial score (nSPS) is 12.9. The van der Waals surface area contributed by atoms with Crippen LogP contribution >= 0.6 is 0 Å². The fourth-order valence-corrected chi connectivity index (χ4v) is 3.10. The van der Waals surface area contributed by atoms with Crippen molar-refractivity contribution in [2.45, 2.75) is 12.8 Å². The lowest BCUT2D eigenvalue weighted by atomic mass is 10.2. The van der Waals surface area contributed by atoms with Crippen LogP contribution in [0.1, 0.15) is 18.4 Å². The number of carbonyl (C=O) groups is 3. The summed E-state index contributed by atoms with van der Waals surface area (Å²) in [6.45, 7) is 5.38. The Morgan fingerprint density at radius 1 is 1.00 bits per heavy atom. The predicted molar refractivity (Wildman–Crippen MR) is 124 cm³/mol. The van der Waals surface area contributed by atoms with Gasteiger partial charge < -0.3 is 19.7 Å². The Morgan fingerprint density at radius 2 is 1.73 bits per heavy atom. The molecular weight excluding hydrogens is 424 g/mol. The molecule has 9 heteroatoms. The summed E-state index contributed by atoms with van der Waals surface area (Å²) in [4.78, 5) is 38.1. The summed E-state index contributed by atoms with van der Waals surface area (Å²) in [7, 11) is 0. The maximum atomic E-state index is 12.2. The lowest BCUT2D eigenvalue weighted by molar-refractivity contribution is -0.136. The molecule has 1 aliphatic heterocycles. The molecule has 33 heavy (non-hydrogen) atoms. The van der Waals surface area contributed by atoms with Gasteiger partial charge in [0.1, 0.15) is 18.1 Å². The van der Waals surface area contributed by atoms with Crippen LogP contribution in [0.25, 0.3) is 0 Å². The number of hydrazone groups is 1. The van der Waals surface area contributed by atoms with Gasteiger partial charge >= 0.3 is 11.8 Å². The highest BCUT2D eigenvalue weighted by Crippen LogP contribution is 2.17. The minimum atomic E-state index is -0.930. The fourth-order valence-electron chi connectivity index (χ4n) is 3.10. The topological polar surface area (TPSA) is 109 Å². The molecule has 1 saturated heterocycles. The molecule has 0 bridgehead atoms. The van der Waals surface area contributed by atoms with Gasteiger partial charge in [0, 0.05) is 24.3 Å². The maximum Gasteiger partial charge on any atom is 0.329 e. The van der Waals surface area contributed by atoms with E-state index in [1.54, 1.807) is 59.5 Å². The number of anilines is 1. The SMILES string of the molecule is C=CCOc1ccc(NC(=O)C(=O)N/N=C\c2ccccc2OCC(=O)N2CCCC2)cc1. The zero-order chi connectivity index (χ0) is 23.5. The van der Waals surface area contributed by atoms with Crippen molar-refractivity contribution in [1.82, 2.24) is 10.3 Å². The molecular formula is C24H26N4O5. The van der Waals surface area contributed by atoms with Gasteiger partial charge in [-0.2, -0.15) is 5.10 Å². The molecule has 172 valence electrons. The van der Waals surface area contributed by atoms with Gasteiger partial charge in [-0.15, -0.1) is 0 Å². The highest BCUT2D eigenvalue weighted by atomic mass is 16.5. The maximum absolute atomic E-state index is 12.2. The molecule has 3 rings (SSSR count). The van der Waals surface area contributed by atoms with Crippen molar-refractivity contribution in [3.05, 3.63) is 66.7 Å². The Labute approximate surface area is 192 Å². The molecule has 2 N–H and O–H groups in total. The molecule has 0 aromatic heterocycles. The summed E-state index contributed by atoms with van der Waals surface area (Å²) < 4.78 is 11.0. The Balaban J connectivity index is 1.49. The van der Waals surface area contributed by atoms with Crippen molar-refractivity contribution < 1.29 is 23.9 Å². The molecule has 0 saturated carbocycles. The Morgan fingerprint density at radius 3 is 2.45 bits per heavy atom. The van der Waals surface area contributed by atoms with Crippen LogP contribution in [0.15, 0.2) is 66.3 Å². The molecule has 0 spiro atoms. The van der Waals surface area contributed by atoms with Crippen LogP contribution in [0, 0.1) is 0 Å². The van der Waals surface area contributed by atoms with Gasteiger partial charge in [-0.3, -0.25) is 14.4 Å². The van der Waals surface area contributed by atoms with Crippen molar-refractivity contribution >= 4 is 29.6 Å². The first-order chi connectivity index (χ1) is 16.1. The van der Waals surface area contributed by atoms with Crippen LogP contribution in [0.4, 0.5) is 5.69 Å². The molecule has 9 nitrogen and oxygen atoms in total. The molecule has 0 atom stereocenters.